The van der Waals surface area contributed by atoms with Gasteiger partial charge in [-0.3, -0.25) is 4.79 Å². The molecule has 0 radical (unpaired) electrons. The Bertz CT molecular complexity index is 848. The van der Waals surface area contributed by atoms with Crippen LogP contribution in [0, 0.1) is 0 Å². The lowest BCUT2D eigenvalue weighted by Gasteiger charge is -2.08. The van der Waals surface area contributed by atoms with Crippen molar-refractivity contribution in [3.05, 3.63) is 40.6 Å². The van der Waals surface area contributed by atoms with Gasteiger partial charge in [0.1, 0.15) is 16.7 Å². The third-order valence-corrected chi connectivity index (χ3v) is 2.98. The summed E-state index contributed by atoms with van der Waals surface area (Å²) in [5.41, 5.74) is 0.0275. The summed E-state index contributed by atoms with van der Waals surface area (Å²) >= 11 is 0. The standard InChI is InChI=1S/C14H10O5/c1-18-14-9(16)6-5-7-12(17)11-8(15)3-2-4-10(11)19-13(7)14/h2-6,15-16H,1H3. The SMILES string of the molecule is COc1c(O)ccc2c(=O)c3c(O)cccc3oc12. The smallest absolute Gasteiger partial charge is 0.204 e. The molecule has 0 aliphatic carbocycles. The van der Waals surface area contributed by atoms with Crippen LogP contribution in [0.2, 0.25) is 0 Å². The molecule has 0 fully saturated rings. The lowest BCUT2D eigenvalue weighted by atomic mass is 10.1. The second-order valence-corrected chi connectivity index (χ2v) is 4.08. The molecule has 1 aromatic heterocycles. The van der Waals surface area contributed by atoms with Gasteiger partial charge in [-0.25, -0.2) is 0 Å². The summed E-state index contributed by atoms with van der Waals surface area (Å²) in [4.78, 5) is 12.3. The van der Waals surface area contributed by atoms with Gasteiger partial charge in [-0.1, -0.05) is 6.07 Å². The minimum absolute atomic E-state index is 0.0971. The molecule has 0 unspecified atom stereocenters. The van der Waals surface area contributed by atoms with Gasteiger partial charge in [-0.2, -0.15) is 0 Å². The topological polar surface area (TPSA) is 79.9 Å². The van der Waals surface area contributed by atoms with Crippen LogP contribution in [0.3, 0.4) is 0 Å². The highest BCUT2D eigenvalue weighted by atomic mass is 16.5. The van der Waals surface area contributed by atoms with E-state index in [1.54, 1.807) is 12.1 Å². The van der Waals surface area contributed by atoms with Crippen LogP contribution >= 0.6 is 0 Å². The van der Waals surface area contributed by atoms with Gasteiger partial charge in [0, 0.05) is 0 Å². The maximum atomic E-state index is 12.3. The highest BCUT2D eigenvalue weighted by molar-refractivity contribution is 5.95. The van der Waals surface area contributed by atoms with Gasteiger partial charge in [0.2, 0.25) is 11.2 Å². The fourth-order valence-corrected chi connectivity index (χ4v) is 2.11. The van der Waals surface area contributed by atoms with E-state index in [9.17, 15) is 15.0 Å². The first-order chi connectivity index (χ1) is 9.13. The van der Waals surface area contributed by atoms with Crippen LogP contribution in [0.4, 0.5) is 0 Å². The number of aromatic hydroxyl groups is 2. The van der Waals surface area contributed by atoms with Crippen LogP contribution < -0.4 is 10.2 Å². The minimum Gasteiger partial charge on any atom is -0.507 e. The number of methoxy groups -OCH3 is 1. The molecule has 0 amide bonds. The molecule has 0 saturated carbocycles. The number of hydrogen-bond donors (Lipinski definition) is 2. The lowest BCUT2D eigenvalue weighted by molar-refractivity contribution is 0.371. The number of phenols is 2. The van der Waals surface area contributed by atoms with Gasteiger partial charge in [-0.05, 0) is 24.3 Å². The molecule has 3 rings (SSSR count). The van der Waals surface area contributed by atoms with Crippen molar-refractivity contribution in [1.29, 1.82) is 0 Å². The minimum atomic E-state index is -0.368. The Hall–Kier alpha value is -2.69. The Morgan fingerprint density at radius 1 is 1.11 bits per heavy atom. The first kappa shape index (κ1) is 11.4. The van der Waals surface area contributed by atoms with Crippen molar-refractivity contribution in [2.45, 2.75) is 0 Å². The van der Waals surface area contributed by atoms with Crippen LogP contribution in [0.1, 0.15) is 0 Å². The molecule has 2 N–H and O–H groups in total. The van der Waals surface area contributed by atoms with E-state index >= 15 is 0 Å². The van der Waals surface area contributed by atoms with Gasteiger partial charge >= 0.3 is 0 Å². The Kier molecular flexibility index (Phi) is 2.35. The summed E-state index contributed by atoms with van der Waals surface area (Å²) < 4.78 is 10.6. The number of benzene rings is 2. The first-order valence-electron chi connectivity index (χ1n) is 5.58. The van der Waals surface area contributed by atoms with Crippen LogP contribution in [0.5, 0.6) is 17.2 Å². The zero-order valence-corrected chi connectivity index (χ0v) is 10.0. The summed E-state index contributed by atoms with van der Waals surface area (Å²) in [5.74, 6) is -0.155. The average Bonchev–Trinajstić information content (AvgIpc) is 2.38. The molecule has 5 heteroatoms. The number of ether oxygens (including phenoxy) is 1. The fraction of sp³-hybridized carbons (Fsp3) is 0.0714. The average molecular weight is 258 g/mol. The van der Waals surface area contributed by atoms with Crippen LogP contribution in [-0.2, 0) is 0 Å². The third-order valence-electron chi connectivity index (χ3n) is 2.98. The van der Waals surface area contributed by atoms with Crippen molar-refractivity contribution in [2.24, 2.45) is 0 Å². The Morgan fingerprint density at radius 3 is 2.63 bits per heavy atom. The molecule has 0 aliphatic rings. The molecule has 19 heavy (non-hydrogen) atoms. The second kappa shape index (κ2) is 3.91. The molecular weight excluding hydrogens is 248 g/mol. The van der Waals surface area contributed by atoms with E-state index in [0.29, 0.717) is 0 Å². The molecule has 0 saturated heterocycles. The van der Waals surface area contributed by atoms with Crippen molar-refractivity contribution in [1.82, 2.24) is 0 Å². The van der Waals surface area contributed by atoms with Gasteiger partial charge in [0.05, 0.1) is 12.5 Å². The molecule has 5 nitrogen and oxygen atoms in total. The normalized spacial score (nSPS) is 11.0. The molecule has 0 bridgehead atoms. The highest BCUT2D eigenvalue weighted by Crippen LogP contribution is 2.35. The molecule has 96 valence electrons. The predicted molar refractivity (Wildman–Crippen MR) is 69.9 cm³/mol. The summed E-state index contributed by atoms with van der Waals surface area (Å²) in [6.07, 6.45) is 0. The maximum Gasteiger partial charge on any atom is 0.204 e. The Labute approximate surface area is 107 Å². The molecule has 1 heterocycles. The highest BCUT2D eigenvalue weighted by Gasteiger charge is 2.16. The van der Waals surface area contributed by atoms with Gasteiger partial charge in [-0.15, -0.1) is 0 Å². The predicted octanol–water partition coefficient (Wildman–Crippen LogP) is 2.37. The van der Waals surface area contributed by atoms with Crippen molar-refractivity contribution in [3.8, 4) is 17.2 Å². The van der Waals surface area contributed by atoms with Crippen molar-refractivity contribution in [3.63, 3.8) is 0 Å². The summed E-state index contributed by atoms with van der Waals surface area (Å²) in [6.45, 7) is 0. The molecule has 0 atom stereocenters. The Morgan fingerprint density at radius 2 is 1.89 bits per heavy atom. The molecule has 2 aromatic carbocycles. The Balaban J connectivity index is 2.61. The first-order valence-corrected chi connectivity index (χ1v) is 5.58. The third kappa shape index (κ3) is 1.52. The van der Waals surface area contributed by atoms with E-state index in [-0.39, 0.29) is 44.6 Å². The van der Waals surface area contributed by atoms with Crippen LogP contribution in [0.15, 0.2) is 39.5 Å². The zero-order chi connectivity index (χ0) is 13.6. The molecule has 0 spiro atoms. The summed E-state index contributed by atoms with van der Waals surface area (Å²) in [6, 6.07) is 7.35. The second-order valence-electron chi connectivity index (χ2n) is 4.08. The van der Waals surface area contributed by atoms with Crippen molar-refractivity contribution < 1.29 is 19.4 Å². The summed E-state index contributed by atoms with van der Waals surface area (Å²) in [5, 5.41) is 19.8. The van der Waals surface area contributed by atoms with E-state index in [2.05, 4.69) is 0 Å². The van der Waals surface area contributed by atoms with E-state index in [0.717, 1.165) is 0 Å². The molecule has 0 aliphatic heterocycles. The fourth-order valence-electron chi connectivity index (χ4n) is 2.11. The van der Waals surface area contributed by atoms with Crippen LogP contribution in [0.25, 0.3) is 21.9 Å². The number of hydrogen-bond acceptors (Lipinski definition) is 5. The van der Waals surface area contributed by atoms with E-state index in [1.807, 2.05) is 0 Å². The van der Waals surface area contributed by atoms with E-state index in [1.165, 1.54) is 25.3 Å². The van der Waals surface area contributed by atoms with Crippen LogP contribution in [-0.4, -0.2) is 17.3 Å². The summed E-state index contributed by atoms with van der Waals surface area (Å²) in [7, 11) is 1.38. The van der Waals surface area contributed by atoms with Gasteiger partial charge in [0.15, 0.2) is 11.3 Å². The molecular formula is C14H10O5. The largest absolute Gasteiger partial charge is 0.507 e. The quantitative estimate of drug-likeness (QED) is 0.655. The maximum absolute atomic E-state index is 12.3. The van der Waals surface area contributed by atoms with E-state index in [4.69, 9.17) is 9.15 Å². The van der Waals surface area contributed by atoms with E-state index < -0.39 is 0 Å². The number of rotatable bonds is 1. The number of fused-ring (bicyclic) bond motifs is 2. The number of phenolic OH excluding ortho intramolecular Hbond substituents is 2. The monoisotopic (exact) mass is 258 g/mol. The molecule has 3 aromatic rings. The lowest BCUT2D eigenvalue weighted by Crippen LogP contribution is -2.03. The van der Waals surface area contributed by atoms with Crippen molar-refractivity contribution in [2.75, 3.05) is 7.11 Å². The zero-order valence-electron chi connectivity index (χ0n) is 10.0. The van der Waals surface area contributed by atoms with Gasteiger partial charge in [0.25, 0.3) is 0 Å². The van der Waals surface area contributed by atoms with Gasteiger partial charge < -0.3 is 19.4 Å². The van der Waals surface area contributed by atoms with Crippen molar-refractivity contribution >= 4 is 21.9 Å².